The number of amidine groups is 1. The van der Waals surface area contributed by atoms with Crippen molar-refractivity contribution in [2.45, 2.75) is 30.9 Å². The van der Waals surface area contributed by atoms with Crippen molar-refractivity contribution >= 4 is 21.8 Å². The molecule has 2 atom stereocenters. The van der Waals surface area contributed by atoms with Crippen LogP contribution >= 0.6 is 0 Å². The van der Waals surface area contributed by atoms with Gasteiger partial charge in [-0.05, 0) is 36.2 Å². The average molecular weight is 462 g/mol. The number of rotatable bonds is 8. The lowest BCUT2D eigenvalue weighted by Crippen LogP contribution is -2.40. The first-order chi connectivity index (χ1) is 15.2. The molecular formula is C22H27N3O6S. The summed E-state index contributed by atoms with van der Waals surface area (Å²) in [6.07, 6.45) is -1.05. The maximum absolute atomic E-state index is 12.9. The van der Waals surface area contributed by atoms with E-state index in [1.807, 2.05) is 13.8 Å². The van der Waals surface area contributed by atoms with Crippen LogP contribution in [0.15, 0.2) is 52.4 Å². The fourth-order valence-corrected chi connectivity index (χ4v) is 4.63. The number of aliphatic imine (C=N–C) groups is 1. The summed E-state index contributed by atoms with van der Waals surface area (Å²) in [5, 5.41) is 13.3. The zero-order valence-corrected chi connectivity index (χ0v) is 19.1. The van der Waals surface area contributed by atoms with Crippen LogP contribution in [-0.4, -0.2) is 52.1 Å². The standard InChI is InChI=1S/C22H27N3O6S/c1-13(2)20(24-21-15-7-5-6-8-19(15)32(28,29)25-21)22(27)23-12-17(26)16-11-14(30-3)9-10-18(16)31-4/h5-11,13,17,20,26H,12H2,1-4H3,(H,23,27)(H,24,25)/t17?,20-/m0/s1. The largest absolute Gasteiger partial charge is 0.497 e. The van der Waals surface area contributed by atoms with E-state index in [0.29, 0.717) is 22.6 Å². The van der Waals surface area contributed by atoms with E-state index in [9.17, 15) is 18.3 Å². The number of carbonyl (C=O) groups is 1. The number of amides is 1. The van der Waals surface area contributed by atoms with Gasteiger partial charge in [-0.3, -0.25) is 14.5 Å². The predicted molar refractivity (Wildman–Crippen MR) is 119 cm³/mol. The highest BCUT2D eigenvalue weighted by Gasteiger charge is 2.32. The van der Waals surface area contributed by atoms with Gasteiger partial charge in [0.05, 0.1) is 25.2 Å². The van der Waals surface area contributed by atoms with Crippen molar-refractivity contribution in [1.82, 2.24) is 10.0 Å². The Kier molecular flexibility index (Phi) is 7.05. The monoisotopic (exact) mass is 461 g/mol. The van der Waals surface area contributed by atoms with Gasteiger partial charge >= 0.3 is 0 Å². The van der Waals surface area contributed by atoms with E-state index < -0.39 is 28.1 Å². The number of hydrogen-bond donors (Lipinski definition) is 3. The SMILES string of the molecule is COc1ccc(OC)c(C(O)CNC(=O)[C@@H](N=C2NS(=O)(=O)c3ccccc32)C(C)C)c1. The van der Waals surface area contributed by atoms with E-state index in [0.717, 1.165) is 0 Å². The molecule has 0 aromatic heterocycles. The molecule has 3 rings (SSSR count). The van der Waals surface area contributed by atoms with Gasteiger partial charge in [0.25, 0.3) is 10.0 Å². The molecule has 0 saturated carbocycles. The number of nitrogens with one attached hydrogen (secondary N) is 2. The van der Waals surface area contributed by atoms with Crippen molar-refractivity contribution < 1.29 is 27.8 Å². The minimum atomic E-state index is -3.71. The van der Waals surface area contributed by atoms with Gasteiger partial charge in [-0.15, -0.1) is 0 Å². The summed E-state index contributed by atoms with van der Waals surface area (Å²) in [5.41, 5.74) is 0.893. The number of aliphatic hydroxyl groups is 1. The van der Waals surface area contributed by atoms with Gasteiger partial charge in [0.2, 0.25) is 5.91 Å². The van der Waals surface area contributed by atoms with Crippen LogP contribution < -0.4 is 19.5 Å². The van der Waals surface area contributed by atoms with Crippen molar-refractivity contribution in [3.05, 3.63) is 53.6 Å². The van der Waals surface area contributed by atoms with E-state index >= 15 is 0 Å². The number of methoxy groups -OCH3 is 2. The molecule has 0 radical (unpaired) electrons. The first-order valence-corrected chi connectivity index (χ1v) is 11.5. The second-order valence-electron chi connectivity index (χ2n) is 7.64. The molecule has 1 aliphatic rings. The van der Waals surface area contributed by atoms with Crippen LogP contribution in [0.5, 0.6) is 11.5 Å². The molecule has 3 N–H and O–H groups in total. The maximum Gasteiger partial charge on any atom is 0.263 e. The molecule has 0 saturated heterocycles. The van der Waals surface area contributed by atoms with Crippen LogP contribution in [0.2, 0.25) is 0 Å². The topological polar surface area (TPSA) is 126 Å². The molecule has 1 aliphatic heterocycles. The minimum Gasteiger partial charge on any atom is -0.497 e. The highest BCUT2D eigenvalue weighted by molar-refractivity contribution is 7.90. The van der Waals surface area contributed by atoms with Gasteiger partial charge < -0.3 is 19.9 Å². The second kappa shape index (κ2) is 9.58. The van der Waals surface area contributed by atoms with Gasteiger partial charge in [0.15, 0.2) is 0 Å². The summed E-state index contributed by atoms with van der Waals surface area (Å²) in [4.78, 5) is 17.4. The predicted octanol–water partition coefficient (Wildman–Crippen LogP) is 1.62. The third-order valence-corrected chi connectivity index (χ3v) is 6.49. The highest BCUT2D eigenvalue weighted by atomic mass is 32.2. The van der Waals surface area contributed by atoms with Gasteiger partial charge in [-0.2, -0.15) is 0 Å². The number of ether oxygens (including phenoxy) is 2. The van der Waals surface area contributed by atoms with Crippen molar-refractivity contribution in [3.63, 3.8) is 0 Å². The number of aliphatic hydroxyl groups excluding tert-OH is 1. The summed E-state index contributed by atoms with van der Waals surface area (Å²) in [7, 11) is -0.703. The Labute approximate surface area is 187 Å². The van der Waals surface area contributed by atoms with Crippen molar-refractivity contribution in [2.75, 3.05) is 20.8 Å². The first kappa shape index (κ1) is 23.6. The Morgan fingerprint density at radius 2 is 1.88 bits per heavy atom. The molecule has 1 amide bonds. The summed E-state index contributed by atoms with van der Waals surface area (Å²) in [6, 6.07) is 10.6. The molecule has 2 aromatic carbocycles. The molecule has 0 aliphatic carbocycles. The third-order valence-electron chi connectivity index (χ3n) is 5.10. The number of sulfonamides is 1. The first-order valence-electron chi connectivity index (χ1n) is 10.1. The number of hydrogen-bond acceptors (Lipinski definition) is 7. The van der Waals surface area contributed by atoms with E-state index in [4.69, 9.17) is 9.47 Å². The van der Waals surface area contributed by atoms with Gasteiger partial charge in [-0.25, -0.2) is 8.42 Å². The van der Waals surface area contributed by atoms with Gasteiger partial charge in [-0.1, -0.05) is 26.0 Å². The molecule has 10 heteroatoms. The van der Waals surface area contributed by atoms with Crippen LogP contribution in [0.1, 0.15) is 31.1 Å². The quantitative estimate of drug-likeness (QED) is 0.548. The Morgan fingerprint density at radius 3 is 2.53 bits per heavy atom. The Bertz CT molecular complexity index is 1130. The summed E-state index contributed by atoms with van der Waals surface area (Å²) >= 11 is 0. The molecule has 9 nitrogen and oxygen atoms in total. The number of benzene rings is 2. The fraction of sp³-hybridized carbons (Fsp3) is 0.364. The van der Waals surface area contributed by atoms with Crippen LogP contribution in [-0.2, 0) is 14.8 Å². The minimum absolute atomic E-state index is 0.0846. The molecule has 32 heavy (non-hydrogen) atoms. The number of nitrogens with zero attached hydrogens (tertiary/aromatic N) is 1. The summed E-state index contributed by atoms with van der Waals surface area (Å²) in [6.45, 7) is 3.54. The Morgan fingerprint density at radius 1 is 1.16 bits per heavy atom. The average Bonchev–Trinajstić information content (AvgIpc) is 3.04. The highest BCUT2D eigenvalue weighted by Crippen LogP contribution is 2.29. The molecule has 172 valence electrons. The molecule has 1 heterocycles. The van der Waals surface area contributed by atoms with Crippen LogP contribution in [0.3, 0.4) is 0 Å². The van der Waals surface area contributed by atoms with E-state index in [-0.39, 0.29) is 23.2 Å². The van der Waals surface area contributed by atoms with Gasteiger partial charge in [0.1, 0.15) is 23.4 Å². The third kappa shape index (κ3) is 4.86. The zero-order valence-electron chi connectivity index (χ0n) is 18.3. The normalized spacial score (nSPS) is 17.4. The second-order valence-corrected chi connectivity index (χ2v) is 9.29. The van der Waals surface area contributed by atoms with Crippen LogP contribution in [0.25, 0.3) is 0 Å². The molecule has 0 fully saturated rings. The van der Waals surface area contributed by atoms with Crippen molar-refractivity contribution in [1.29, 1.82) is 0 Å². The van der Waals surface area contributed by atoms with Crippen molar-refractivity contribution in [3.8, 4) is 11.5 Å². The molecule has 0 bridgehead atoms. The lowest BCUT2D eigenvalue weighted by atomic mass is 10.0. The molecular weight excluding hydrogens is 434 g/mol. The van der Waals surface area contributed by atoms with Crippen LogP contribution in [0, 0.1) is 5.92 Å². The smallest absolute Gasteiger partial charge is 0.263 e. The molecule has 2 aromatic rings. The fourth-order valence-electron chi connectivity index (χ4n) is 3.39. The van der Waals surface area contributed by atoms with Crippen LogP contribution in [0.4, 0.5) is 0 Å². The van der Waals surface area contributed by atoms with Gasteiger partial charge in [0, 0.05) is 17.7 Å². The summed E-state index contributed by atoms with van der Waals surface area (Å²) < 4.78 is 37.5. The number of fused-ring (bicyclic) bond motifs is 1. The molecule has 1 unspecified atom stereocenters. The zero-order chi connectivity index (χ0) is 23.5. The molecule has 0 spiro atoms. The number of carbonyl (C=O) groups excluding carboxylic acids is 1. The Hall–Kier alpha value is -3.11. The van der Waals surface area contributed by atoms with E-state index in [1.165, 1.54) is 20.3 Å². The van der Waals surface area contributed by atoms with E-state index in [1.54, 1.807) is 36.4 Å². The van der Waals surface area contributed by atoms with E-state index in [2.05, 4.69) is 15.0 Å². The lowest BCUT2D eigenvalue weighted by molar-refractivity contribution is -0.123. The maximum atomic E-state index is 12.9. The van der Waals surface area contributed by atoms with Crippen molar-refractivity contribution in [2.24, 2.45) is 10.9 Å². The lowest BCUT2D eigenvalue weighted by Gasteiger charge is -2.20. The Balaban J connectivity index is 1.78. The summed E-state index contributed by atoms with van der Waals surface area (Å²) in [5.74, 6) is 0.486.